The van der Waals surface area contributed by atoms with Crippen molar-refractivity contribution in [2.45, 2.75) is 19.0 Å². The van der Waals surface area contributed by atoms with Crippen LogP contribution in [0.3, 0.4) is 0 Å². The highest BCUT2D eigenvalue weighted by Gasteiger charge is 2.13. The van der Waals surface area contributed by atoms with Crippen molar-refractivity contribution in [2.75, 3.05) is 16.8 Å². The lowest BCUT2D eigenvalue weighted by Gasteiger charge is -2.07. The molecule has 29 heavy (non-hydrogen) atoms. The molecule has 0 bridgehead atoms. The first-order valence-corrected chi connectivity index (χ1v) is 10.4. The van der Waals surface area contributed by atoms with Gasteiger partial charge in [-0.2, -0.15) is 4.98 Å². The van der Waals surface area contributed by atoms with Crippen LogP contribution in [0.4, 0.5) is 11.6 Å². The Hall–Kier alpha value is -3.18. The van der Waals surface area contributed by atoms with E-state index in [1.54, 1.807) is 18.2 Å². The maximum absolute atomic E-state index is 12.5. The van der Waals surface area contributed by atoms with Crippen LogP contribution in [0, 0.1) is 13.8 Å². The summed E-state index contributed by atoms with van der Waals surface area (Å²) in [4.78, 5) is 37.9. The number of rotatable bonds is 5. The maximum atomic E-state index is 12.5. The van der Waals surface area contributed by atoms with Crippen molar-refractivity contribution >= 4 is 50.9 Å². The van der Waals surface area contributed by atoms with E-state index in [0.717, 1.165) is 10.4 Å². The van der Waals surface area contributed by atoms with E-state index in [0.29, 0.717) is 32.4 Å². The average molecular weight is 428 g/mol. The molecule has 0 spiro atoms. The number of fused-ring (bicyclic) bond motifs is 1. The van der Waals surface area contributed by atoms with Gasteiger partial charge in [0.15, 0.2) is 0 Å². The number of thiophene rings is 1. The van der Waals surface area contributed by atoms with Crippen molar-refractivity contribution in [2.24, 2.45) is 0 Å². The zero-order valence-electron chi connectivity index (χ0n) is 15.6. The number of aromatic amines is 2. The molecule has 0 radical (unpaired) electrons. The molecule has 4 aromatic rings. The summed E-state index contributed by atoms with van der Waals surface area (Å²) in [5.74, 6) is 0.591. The van der Waals surface area contributed by atoms with E-state index in [1.165, 1.54) is 23.1 Å². The van der Waals surface area contributed by atoms with Crippen LogP contribution in [0.25, 0.3) is 21.6 Å². The number of hydrogen-bond donors (Lipinski definition) is 4. The molecule has 5 N–H and O–H groups in total. The largest absolute Gasteiger partial charge is 0.368 e. The van der Waals surface area contributed by atoms with Gasteiger partial charge in [-0.05, 0) is 31.5 Å². The number of carbonyl (C=O) groups excluding carboxylic acids is 1. The third kappa shape index (κ3) is 4.00. The van der Waals surface area contributed by atoms with Crippen LogP contribution in [-0.2, 0) is 4.79 Å². The molecule has 11 heteroatoms. The van der Waals surface area contributed by atoms with Crippen LogP contribution in [0.5, 0.6) is 0 Å². The number of aryl methyl sites for hydroxylation is 2. The number of nitrogens with zero attached hydrogens (tertiary/aromatic N) is 3. The molecule has 0 fully saturated rings. The lowest BCUT2D eigenvalue weighted by molar-refractivity contribution is -0.113. The number of nitrogens with one attached hydrogen (secondary N) is 3. The van der Waals surface area contributed by atoms with Gasteiger partial charge in [0.1, 0.15) is 10.7 Å². The van der Waals surface area contributed by atoms with Crippen LogP contribution in [0.2, 0.25) is 0 Å². The van der Waals surface area contributed by atoms with Crippen molar-refractivity contribution in [3.63, 3.8) is 0 Å². The quantitative estimate of drug-likeness (QED) is 0.359. The van der Waals surface area contributed by atoms with Gasteiger partial charge in [0.25, 0.3) is 5.56 Å². The van der Waals surface area contributed by atoms with Gasteiger partial charge in [-0.15, -0.1) is 16.4 Å². The Bertz CT molecular complexity index is 1270. The fourth-order valence-electron chi connectivity index (χ4n) is 2.79. The van der Waals surface area contributed by atoms with E-state index in [2.05, 4.69) is 30.5 Å². The van der Waals surface area contributed by atoms with Crippen molar-refractivity contribution in [3.05, 3.63) is 45.1 Å². The molecule has 148 valence electrons. The van der Waals surface area contributed by atoms with Gasteiger partial charge in [0.05, 0.1) is 11.1 Å². The third-order valence-corrected chi connectivity index (χ3v) is 6.22. The number of H-pyrrole nitrogens is 2. The second-order valence-corrected chi connectivity index (χ2v) is 8.44. The fraction of sp³-hybridized carbons (Fsp3) is 0.167. The molecule has 3 heterocycles. The van der Waals surface area contributed by atoms with E-state index in [-0.39, 0.29) is 23.2 Å². The van der Waals surface area contributed by atoms with Crippen molar-refractivity contribution < 1.29 is 4.79 Å². The molecule has 0 unspecified atom stereocenters. The number of thioether (sulfide) groups is 1. The molecule has 1 amide bonds. The van der Waals surface area contributed by atoms with Crippen LogP contribution < -0.4 is 16.6 Å². The first-order chi connectivity index (χ1) is 13.9. The molecule has 0 saturated heterocycles. The standard InChI is InChI=1S/C18H17N7O2S2/c1-8-9(2)29-16-13(8)15(27)21-14(22-16)10-4-3-5-11(6-10)20-12(26)7-28-18-23-17(19)24-25-18/h3-6H,7H2,1-2H3,(H,20,26)(H,21,22,27)(H3,19,23,24,25). The topological polar surface area (TPSA) is 142 Å². The highest BCUT2D eigenvalue weighted by Crippen LogP contribution is 2.28. The predicted octanol–water partition coefficient (Wildman–Crippen LogP) is 2.70. The first kappa shape index (κ1) is 19.2. The van der Waals surface area contributed by atoms with Gasteiger partial charge >= 0.3 is 0 Å². The number of nitrogen functional groups attached to an aromatic ring is 1. The molecule has 3 aromatic heterocycles. The van der Waals surface area contributed by atoms with Gasteiger partial charge in [0, 0.05) is 16.1 Å². The number of amides is 1. The van der Waals surface area contributed by atoms with Gasteiger partial charge in [-0.1, -0.05) is 23.9 Å². The fourth-order valence-corrected chi connectivity index (χ4v) is 4.42. The molecule has 0 saturated carbocycles. The van der Waals surface area contributed by atoms with Crippen LogP contribution in [-0.4, -0.2) is 36.8 Å². The highest BCUT2D eigenvalue weighted by molar-refractivity contribution is 7.99. The monoisotopic (exact) mass is 427 g/mol. The van der Waals surface area contributed by atoms with Crippen molar-refractivity contribution in [3.8, 4) is 11.4 Å². The summed E-state index contributed by atoms with van der Waals surface area (Å²) in [7, 11) is 0. The van der Waals surface area contributed by atoms with Gasteiger partial charge in [-0.25, -0.2) is 10.1 Å². The Morgan fingerprint density at radius 2 is 2.14 bits per heavy atom. The maximum Gasteiger partial charge on any atom is 0.260 e. The summed E-state index contributed by atoms with van der Waals surface area (Å²) < 4.78 is 0. The van der Waals surface area contributed by atoms with E-state index in [9.17, 15) is 9.59 Å². The summed E-state index contributed by atoms with van der Waals surface area (Å²) in [6, 6.07) is 7.17. The first-order valence-electron chi connectivity index (χ1n) is 8.61. The molecule has 0 aliphatic carbocycles. The minimum absolute atomic E-state index is 0.135. The van der Waals surface area contributed by atoms with Crippen LogP contribution >= 0.6 is 23.1 Å². The normalized spacial score (nSPS) is 11.1. The smallest absolute Gasteiger partial charge is 0.260 e. The van der Waals surface area contributed by atoms with Crippen molar-refractivity contribution in [1.82, 2.24) is 25.1 Å². The van der Waals surface area contributed by atoms with E-state index >= 15 is 0 Å². The molecule has 4 rings (SSSR count). The number of carbonyl (C=O) groups is 1. The number of hydrogen-bond acceptors (Lipinski definition) is 8. The summed E-state index contributed by atoms with van der Waals surface area (Å²) >= 11 is 2.67. The number of aromatic nitrogens is 5. The second kappa shape index (κ2) is 7.68. The number of anilines is 2. The minimum Gasteiger partial charge on any atom is -0.368 e. The lowest BCUT2D eigenvalue weighted by Crippen LogP contribution is -2.14. The molecular weight excluding hydrogens is 410 g/mol. The van der Waals surface area contributed by atoms with Gasteiger partial charge < -0.3 is 16.0 Å². The van der Waals surface area contributed by atoms with E-state index in [4.69, 9.17) is 5.73 Å². The van der Waals surface area contributed by atoms with Gasteiger partial charge in [-0.3, -0.25) is 9.59 Å². The minimum atomic E-state index is -0.211. The van der Waals surface area contributed by atoms with E-state index < -0.39 is 0 Å². The van der Waals surface area contributed by atoms with Gasteiger partial charge in [0.2, 0.25) is 17.0 Å². The number of nitrogens with two attached hydrogens (primary N) is 1. The van der Waals surface area contributed by atoms with E-state index in [1.807, 2.05) is 19.9 Å². The van der Waals surface area contributed by atoms with Crippen LogP contribution in [0.15, 0.2) is 34.2 Å². The molecule has 0 atom stereocenters. The Morgan fingerprint density at radius 3 is 2.90 bits per heavy atom. The average Bonchev–Trinajstić information content (AvgIpc) is 3.23. The molecule has 0 aliphatic rings. The third-order valence-electron chi connectivity index (χ3n) is 4.27. The lowest BCUT2D eigenvalue weighted by atomic mass is 10.1. The Labute approximate surface area is 173 Å². The summed E-state index contributed by atoms with van der Waals surface area (Å²) in [5.41, 5.74) is 7.56. The summed E-state index contributed by atoms with van der Waals surface area (Å²) in [6.45, 7) is 3.90. The summed E-state index contributed by atoms with van der Waals surface area (Å²) in [5, 5.41) is 10.2. The van der Waals surface area contributed by atoms with Crippen molar-refractivity contribution in [1.29, 1.82) is 0 Å². The highest BCUT2D eigenvalue weighted by atomic mass is 32.2. The SMILES string of the molecule is Cc1sc2nc(-c3cccc(NC(=O)CSc4n[nH]c(N)n4)c3)[nH]c(=O)c2c1C. The Balaban J connectivity index is 1.53. The molecular formula is C18H17N7O2S2. The Kier molecular flexibility index (Phi) is 5.07. The number of benzene rings is 1. The molecule has 9 nitrogen and oxygen atoms in total. The molecule has 0 aliphatic heterocycles. The second-order valence-electron chi connectivity index (χ2n) is 6.30. The summed E-state index contributed by atoms with van der Waals surface area (Å²) in [6.07, 6.45) is 0. The van der Waals surface area contributed by atoms with Crippen LogP contribution in [0.1, 0.15) is 10.4 Å². The zero-order valence-corrected chi connectivity index (χ0v) is 17.2. The molecule has 1 aromatic carbocycles. The zero-order chi connectivity index (χ0) is 20.5. The Morgan fingerprint density at radius 1 is 1.31 bits per heavy atom. The predicted molar refractivity (Wildman–Crippen MR) is 115 cm³/mol.